The molecule has 1 aliphatic rings. The van der Waals surface area contributed by atoms with Crippen LogP contribution in [0.15, 0.2) is 0 Å². The van der Waals surface area contributed by atoms with Crippen LogP contribution >= 0.6 is 0 Å². The van der Waals surface area contributed by atoms with Gasteiger partial charge in [-0.15, -0.1) is 0 Å². The molecule has 1 heterocycles. The predicted octanol–water partition coefficient (Wildman–Crippen LogP) is 11.8. The summed E-state index contributed by atoms with van der Waals surface area (Å²) in [7, 11) is 0. The van der Waals surface area contributed by atoms with Gasteiger partial charge in [0.05, 0.1) is 18.9 Å². The van der Waals surface area contributed by atoms with Crippen molar-refractivity contribution in [2.24, 2.45) is 0 Å². The second-order valence-electron chi connectivity index (χ2n) is 21.1. The van der Waals surface area contributed by atoms with E-state index in [1.54, 1.807) is 0 Å². The highest BCUT2D eigenvalue weighted by Gasteiger charge is 2.50. The second kappa shape index (κ2) is 46.3. The maximum absolute atomic E-state index is 13.6. The minimum Gasteiger partial charge on any atom is -0.481 e. The van der Waals surface area contributed by atoms with Crippen LogP contribution in [0.5, 0.6) is 0 Å². The Labute approximate surface area is 450 Å². The molecule has 17 nitrogen and oxygen atoms in total. The van der Waals surface area contributed by atoms with Crippen molar-refractivity contribution in [3.63, 3.8) is 0 Å². The molecule has 6 atom stereocenters. The van der Waals surface area contributed by atoms with Crippen molar-refractivity contribution in [2.45, 2.75) is 320 Å². The molecule has 0 radical (unpaired) electrons. The van der Waals surface area contributed by atoms with E-state index in [1.165, 1.54) is 109 Å². The summed E-state index contributed by atoms with van der Waals surface area (Å²) >= 11 is 0. The molecule has 1 fully saturated rings. The third-order valence-electron chi connectivity index (χ3n) is 14.1. The van der Waals surface area contributed by atoms with Crippen LogP contribution in [0.1, 0.15) is 278 Å². The van der Waals surface area contributed by atoms with Crippen LogP contribution in [-0.2, 0) is 52.5 Å². The van der Waals surface area contributed by atoms with Gasteiger partial charge in [-0.2, -0.15) is 0 Å². The van der Waals surface area contributed by atoms with E-state index in [-0.39, 0.29) is 25.7 Å². The minimum atomic E-state index is -1.77. The number of hydrogen-bond donors (Lipinski definition) is 6. The Balaban J connectivity index is 3.21. The molecule has 0 saturated carbocycles. The van der Waals surface area contributed by atoms with Crippen molar-refractivity contribution in [1.29, 1.82) is 0 Å². The number of aliphatic carboxylic acids is 3. The predicted molar refractivity (Wildman–Crippen MR) is 289 cm³/mol. The van der Waals surface area contributed by atoms with E-state index >= 15 is 0 Å². The number of rotatable bonds is 51. The van der Waals surface area contributed by atoms with Crippen molar-refractivity contribution in [2.75, 3.05) is 6.61 Å². The van der Waals surface area contributed by atoms with Gasteiger partial charge < -0.3 is 50.0 Å². The zero-order chi connectivity index (χ0) is 55.3. The van der Waals surface area contributed by atoms with Gasteiger partial charge in [0, 0.05) is 25.7 Å². The number of carbonyl (C=O) groups is 7. The van der Waals surface area contributed by atoms with Gasteiger partial charge in [-0.05, 0) is 25.7 Å². The van der Waals surface area contributed by atoms with Gasteiger partial charge in [-0.1, -0.05) is 213 Å². The lowest BCUT2D eigenvalue weighted by molar-refractivity contribution is -0.286. The molecule has 0 aliphatic carbocycles. The Morgan fingerprint density at radius 3 is 1.28 bits per heavy atom. The van der Waals surface area contributed by atoms with E-state index in [2.05, 4.69) is 31.4 Å². The molecule has 2 amide bonds. The van der Waals surface area contributed by atoms with Crippen molar-refractivity contribution >= 4 is 41.7 Å². The fourth-order valence-corrected chi connectivity index (χ4v) is 9.56. The number of carboxylic acids is 3. The fraction of sp³-hybridized carbons (Fsp3) is 0.879. The molecular weight excluding hydrogens is 965 g/mol. The third kappa shape index (κ3) is 37.6. The summed E-state index contributed by atoms with van der Waals surface area (Å²) < 4.78 is 23.6. The molecule has 0 aromatic heterocycles. The Kier molecular flexibility index (Phi) is 42.7. The number of ether oxygens (including phenoxy) is 4. The molecule has 436 valence electrons. The zero-order valence-corrected chi connectivity index (χ0v) is 46.8. The highest BCUT2D eigenvalue weighted by molar-refractivity contribution is 5.85. The van der Waals surface area contributed by atoms with Gasteiger partial charge in [0.1, 0.15) is 30.9 Å². The smallest absolute Gasteiger partial charge is 0.328 e. The molecule has 75 heavy (non-hydrogen) atoms. The lowest BCUT2D eigenvalue weighted by Gasteiger charge is -2.44. The molecule has 1 aliphatic heterocycles. The monoisotopic (exact) mass is 1070 g/mol. The molecule has 0 aromatic carbocycles. The van der Waals surface area contributed by atoms with Gasteiger partial charge in [0.2, 0.25) is 11.8 Å². The van der Waals surface area contributed by atoms with Crippen molar-refractivity contribution in [3.05, 3.63) is 0 Å². The van der Waals surface area contributed by atoms with E-state index < -0.39 is 110 Å². The first-order chi connectivity index (χ1) is 36.2. The van der Waals surface area contributed by atoms with Gasteiger partial charge in [0.15, 0.2) is 12.4 Å². The van der Waals surface area contributed by atoms with Crippen LogP contribution < -0.4 is 10.6 Å². The molecule has 6 N–H and O–H groups in total. The fourth-order valence-electron chi connectivity index (χ4n) is 9.56. The maximum atomic E-state index is 13.6. The van der Waals surface area contributed by atoms with Crippen LogP contribution in [0.2, 0.25) is 0 Å². The number of nitrogens with one attached hydrogen (secondary N) is 2. The molecular formula is C58H104N2O15. The van der Waals surface area contributed by atoms with Gasteiger partial charge in [0.25, 0.3) is 0 Å². The summed E-state index contributed by atoms with van der Waals surface area (Å²) in [5.41, 5.74) is 0. The largest absolute Gasteiger partial charge is 0.481 e. The summed E-state index contributed by atoms with van der Waals surface area (Å²) in [4.78, 5) is 89.3. The molecule has 1 saturated heterocycles. The number of esters is 2. The molecule has 1 rings (SSSR count). The van der Waals surface area contributed by atoms with Crippen LogP contribution in [0, 0.1) is 0 Å². The van der Waals surface area contributed by atoms with E-state index in [0.717, 1.165) is 83.5 Å². The average molecular weight is 1070 g/mol. The molecule has 0 spiro atoms. The Morgan fingerprint density at radius 2 is 0.880 bits per heavy atom. The molecule has 0 aromatic rings. The SMILES string of the molecule is CCCCCCCCCCCCCC(=O)N[C@H]1[C@H](OC(CC(=O)O)CC(=O)O)O[C@H](COC(=O)[C@@H](CCC(=O)O)NC(=O)CCCCCCCCCCCCC)[C@@H](O)[C@@H]1OC(=O)CCCCCCCCCCCCC. The highest BCUT2D eigenvalue weighted by atomic mass is 16.7. The van der Waals surface area contributed by atoms with E-state index in [4.69, 9.17) is 18.9 Å². The topological polar surface area (TPSA) is 261 Å². The van der Waals surface area contributed by atoms with E-state index in [1.807, 2.05) is 0 Å². The normalized spacial score (nSPS) is 17.9. The number of amides is 2. The van der Waals surface area contributed by atoms with Gasteiger partial charge >= 0.3 is 29.8 Å². The maximum Gasteiger partial charge on any atom is 0.328 e. The van der Waals surface area contributed by atoms with Crippen molar-refractivity contribution in [1.82, 2.24) is 10.6 Å². The van der Waals surface area contributed by atoms with Gasteiger partial charge in [-0.3, -0.25) is 28.8 Å². The molecule has 17 heteroatoms. The Hall–Kier alpha value is -3.83. The van der Waals surface area contributed by atoms with Crippen molar-refractivity contribution < 1.29 is 72.9 Å². The van der Waals surface area contributed by atoms with Crippen LogP contribution in [-0.4, -0.2) is 111 Å². The summed E-state index contributed by atoms with van der Waals surface area (Å²) in [6.07, 6.45) is 25.1. The standard InChI is InChI=1S/C58H104N2O15/c1-4-7-10-13-16-19-22-25-28-31-34-37-48(61)59-46(40-41-50(63)64)57(71)72-44-47-55(70)56(75-53(69)39-36-33-30-27-24-21-18-15-12-9-6-3)54(58(74-47)73-45(42-51(65)66)43-52(67)68)60-49(62)38-35-32-29-26-23-20-17-14-11-8-5-2/h45-47,54-56,58,70H,4-44H2,1-3H3,(H,59,61)(H,60,62)(H,63,64)(H,65,66)(H,67,68)/t46-,47-,54-,55-,56-,58-/m1/s1. The number of carboxylic acid groups (broad SMARTS) is 3. The van der Waals surface area contributed by atoms with E-state index in [9.17, 15) is 54.0 Å². The van der Waals surface area contributed by atoms with Crippen LogP contribution in [0.25, 0.3) is 0 Å². The van der Waals surface area contributed by atoms with Gasteiger partial charge in [-0.25, -0.2) is 4.79 Å². The first-order valence-corrected chi connectivity index (χ1v) is 29.8. The number of unbranched alkanes of at least 4 members (excludes halogenated alkanes) is 30. The van der Waals surface area contributed by atoms with Crippen molar-refractivity contribution in [3.8, 4) is 0 Å². The molecule has 0 unspecified atom stereocenters. The number of hydrogen-bond acceptors (Lipinski definition) is 12. The summed E-state index contributed by atoms with van der Waals surface area (Å²) in [6, 6.07) is -2.82. The summed E-state index contributed by atoms with van der Waals surface area (Å²) in [6.45, 7) is 5.85. The highest BCUT2D eigenvalue weighted by Crippen LogP contribution is 2.29. The average Bonchev–Trinajstić information content (AvgIpc) is 3.36. The first-order valence-electron chi connectivity index (χ1n) is 29.8. The Morgan fingerprint density at radius 1 is 0.493 bits per heavy atom. The second-order valence-corrected chi connectivity index (χ2v) is 21.1. The third-order valence-corrected chi connectivity index (χ3v) is 14.1. The van der Waals surface area contributed by atoms with E-state index in [0.29, 0.717) is 19.3 Å². The lowest BCUT2D eigenvalue weighted by Crippen LogP contribution is -2.66. The quantitative estimate of drug-likeness (QED) is 0.0244. The summed E-state index contributed by atoms with van der Waals surface area (Å²) in [5.74, 6) is -6.63. The first kappa shape index (κ1) is 69.2. The lowest BCUT2D eigenvalue weighted by atomic mass is 9.95. The van der Waals surface area contributed by atoms with Crippen LogP contribution in [0.4, 0.5) is 0 Å². The number of aliphatic hydroxyl groups is 1. The minimum absolute atomic E-state index is 0.0174. The number of carbonyl (C=O) groups excluding carboxylic acids is 4. The number of aliphatic hydroxyl groups excluding tert-OH is 1. The Bertz CT molecular complexity index is 1510. The van der Waals surface area contributed by atoms with Crippen LogP contribution in [0.3, 0.4) is 0 Å². The molecule has 0 bridgehead atoms. The summed E-state index contributed by atoms with van der Waals surface area (Å²) in [5, 5.41) is 46.1. The zero-order valence-electron chi connectivity index (χ0n) is 46.8.